The second kappa shape index (κ2) is 18.3. The number of fused-ring (bicyclic) bond motifs is 5. The quantitative estimate of drug-likeness (QED) is 0.207. The summed E-state index contributed by atoms with van der Waals surface area (Å²) in [7, 11) is 1.53. The number of esters is 1. The first kappa shape index (κ1) is 41.2. The Kier molecular flexibility index (Phi) is 13.2. The van der Waals surface area contributed by atoms with Gasteiger partial charge < -0.3 is 34.5 Å². The molecule has 2 aromatic carbocycles. The number of pyridine rings is 1. The molecule has 0 radical (unpaired) electrons. The van der Waals surface area contributed by atoms with E-state index in [0.29, 0.717) is 75.9 Å². The molecule has 3 aliphatic rings. The van der Waals surface area contributed by atoms with Gasteiger partial charge >= 0.3 is 5.97 Å². The van der Waals surface area contributed by atoms with Crippen LogP contribution in [0, 0.1) is 11.8 Å². The second-order valence-electron chi connectivity index (χ2n) is 16.3. The molecule has 2 amide bonds. The molecule has 6 rings (SSSR count). The zero-order valence-corrected chi connectivity index (χ0v) is 33.4. The molecule has 5 atom stereocenters. The van der Waals surface area contributed by atoms with E-state index >= 15 is 0 Å². The summed E-state index contributed by atoms with van der Waals surface area (Å²) in [6.07, 6.45) is 6.92. The van der Waals surface area contributed by atoms with Crippen LogP contribution in [0.2, 0.25) is 0 Å². The molecule has 12 nitrogen and oxygen atoms in total. The Morgan fingerprint density at radius 3 is 2.49 bits per heavy atom. The number of rotatable bonds is 9. The van der Waals surface area contributed by atoms with Gasteiger partial charge in [0, 0.05) is 68.1 Å². The van der Waals surface area contributed by atoms with Crippen LogP contribution in [0.4, 0.5) is 0 Å². The summed E-state index contributed by atoms with van der Waals surface area (Å²) in [5.74, 6) is -2.32. The number of methoxy groups -OCH3 is 1. The van der Waals surface area contributed by atoms with Crippen LogP contribution in [0.5, 0.6) is 17.2 Å². The number of ether oxygens (including phenoxy) is 2. The molecule has 3 N–H and O–H groups in total. The van der Waals surface area contributed by atoms with Crippen LogP contribution in [0.3, 0.4) is 0 Å². The molecule has 4 heterocycles. The number of piperidine rings is 1. The number of carbonyl (C=O) groups is 4. The van der Waals surface area contributed by atoms with Gasteiger partial charge in [0.25, 0.3) is 5.56 Å². The number of benzene rings is 2. The molecule has 2 bridgehead atoms. The standard InChI is InChI=1S/C45H55N3O9/c1-27(2)20-36(44(54)47-24-29-21-32(26-47)37-14-9-15-40(52)48(37)25-29)46-39(51)23-35(30-16-18-34(56-4)19-17-30)42-38(50)22-31-11-6-5-7-12-33(49)13-8-10-28(3)57-45(55)41(31)43(42)53/h6,9,11,14-19,22,27-29,32,35-36,50,53H,5,7-8,10,12-13,20-21,23-26H2,1-4H3,(H,46,51). The second-order valence-corrected chi connectivity index (χ2v) is 16.3. The zero-order chi connectivity index (χ0) is 40.8. The number of hydrogen-bond donors (Lipinski definition) is 3. The van der Waals surface area contributed by atoms with Crippen molar-refractivity contribution in [1.29, 1.82) is 0 Å². The predicted molar refractivity (Wildman–Crippen MR) is 215 cm³/mol. The van der Waals surface area contributed by atoms with Crippen LogP contribution in [-0.4, -0.2) is 75.6 Å². The summed E-state index contributed by atoms with van der Waals surface area (Å²) in [6, 6.07) is 12.7. The van der Waals surface area contributed by atoms with Crippen LogP contribution in [-0.2, 0) is 25.7 Å². The number of cyclic esters (lactones) is 1. The smallest absolute Gasteiger partial charge is 0.342 e. The number of nitrogens with zero attached hydrogens (tertiary/aromatic N) is 2. The molecular formula is C45H55N3O9. The number of allylic oxidation sites excluding steroid dienone is 1. The summed E-state index contributed by atoms with van der Waals surface area (Å²) in [5.41, 5.74) is 1.53. The molecule has 12 heteroatoms. The molecule has 3 aliphatic heterocycles. The number of aromatic nitrogens is 1. The van der Waals surface area contributed by atoms with Crippen molar-refractivity contribution in [2.75, 3.05) is 20.2 Å². The largest absolute Gasteiger partial charge is 0.507 e. The highest BCUT2D eigenvalue weighted by atomic mass is 16.5. The predicted octanol–water partition coefficient (Wildman–Crippen LogP) is 6.45. The van der Waals surface area contributed by atoms with Crippen molar-refractivity contribution in [3.8, 4) is 17.2 Å². The van der Waals surface area contributed by atoms with Gasteiger partial charge in [-0.05, 0) is 92.7 Å². The highest BCUT2D eigenvalue weighted by Crippen LogP contribution is 2.44. The van der Waals surface area contributed by atoms with Gasteiger partial charge in [-0.25, -0.2) is 4.79 Å². The maximum absolute atomic E-state index is 14.3. The fourth-order valence-electron chi connectivity index (χ4n) is 8.67. The van der Waals surface area contributed by atoms with Gasteiger partial charge in [-0.1, -0.05) is 44.2 Å². The van der Waals surface area contributed by atoms with E-state index in [2.05, 4.69) is 5.32 Å². The van der Waals surface area contributed by atoms with Crippen molar-refractivity contribution in [2.45, 2.75) is 109 Å². The van der Waals surface area contributed by atoms with Gasteiger partial charge in [-0.3, -0.25) is 19.2 Å². The molecule has 3 aromatic rings. The van der Waals surface area contributed by atoms with Crippen LogP contribution in [0.1, 0.15) is 123 Å². The fraction of sp³-hybridized carbons (Fsp3) is 0.489. The molecule has 1 saturated heterocycles. The van der Waals surface area contributed by atoms with E-state index in [0.717, 1.165) is 12.1 Å². The zero-order valence-electron chi connectivity index (χ0n) is 33.4. The maximum atomic E-state index is 14.3. The minimum Gasteiger partial charge on any atom is -0.507 e. The summed E-state index contributed by atoms with van der Waals surface area (Å²) >= 11 is 0. The summed E-state index contributed by atoms with van der Waals surface area (Å²) < 4.78 is 13.0. The van der Waals surface area contributed by atoms with Crippen LogP contribution in [0.25, 0.3) is 6.08 Å². The van der Waals surface area contributed by atoms with Gasteiger partial charge in [-0.2, -0.15) is 0 Å². The van der Waals surface area contributed by atoms with Crippen molar-refractivity contribution >= 4 is 29.6 Å². The number of hydrogen-bond acceptors (Lipinski definition) is 9. The molecule has 1 aromatic heterocycles. The molecule has 0 saturated carbocycles. The van der Waals surface area contributed by atoms with E-state index in [4.69, 9.17) is 9.47 Å². The number of phenols is 2. The Labute approximate surface area is 333 Å². The fourth-order valence-corrected chi connectivity index (χ4v) is 8.67. The normalized spacial score (nSPS) is 21.1. The third-order valence-corrected chi connectivity index (χ3v) is 11.4. The van der Waals surface area contributed by atoms with E-state index in [1.807, 2.05) is 29.4 Å². The lowest BCUT2D eigenvalue weighted by Gasteiger charge is -2.43. The minimum atomic E-state index is -0.950. The third kappa shape index (κ3) is 9.77. The number of carbonyl (C=O) groups excluding carboxylic acids is 4. The number of amides is 2. The third-order valence-electron chi connectivity index (χ3n) is 11.4. The van der Waals surface area contributed by atoms with Gasteiger partial charge in [-0.15, -0.1) is 0 Å². The van der Waals surface area contributed by atoms with Gasteiger partial charge in [0.05, 0.1) is 13.2 Å². The van der Waals surface area contributed by atoms with E-state index in [-0.39, 0.29) is 63.9 Å². The lowest BCUT2D eigenvalue weighted by Crippen LogP contribution is -2.55. The Morgan fingerprint density at radius 2 is 1.75 bits per heavy atom. The molecule has 0 aliphatic carbocycles. The van der Waals surface area contributed by atoms with E-state index in [9.17, 15) is 34.2 Å². The molecule has 304 valence electrons. The average molecular weight is 782 g/mol. The van der Waals surface area contributed by atoms with Crippen LogP contribution < -0.4 is 15.6 Å². The maximum Gasteiger partial charge on any atom is 0.342 e. The van der Waals surface area contributed by atoms with Gasteiger partial charge in [0.1, 0.15) is 34.6 Å². The van der Waals surface area contributed by atoms with Crippen molar-refractivity contribution in [3.05, 3.63) is 92.9 Å². The van der Waals surface area contributed by atoms with Gasteiger partial charge in [0.15, 0.2) is 0 Å². The van der Waals surface area contributed by atoms with E-state index in [1.54, 1.807) is 55.5 Å². The highest BCUT2D eigenvalue weighted by Gasteiger charge is 2.39. The van der Waals surface area contributed by atoms with Gasteiger partial charge in [0.2, 0.25) is 11.8 Å². The topological polar surface area (TPSA) is 164 Å². The SMILES string of the molecule is COc1ccc(C(CC(=O)NC(CC(C)C)C(=O)N2CC3CC(C2)c2cccc(=O)n2C3)c2c(O)cc3c(c2O)C(=O)OC(C)CCCC(=O)CCCC=C3)cc1. The highest BCUT2D eigenvalue weighted by molar-refractivity contribution is 5.98. The first-order chi connectivity index (χ1) is 27.3. The minimum absolute atomic E-state index is 0.0128. The molecule has 57 heavy (non-hydrogen) atoms. The first-order valence-electron chi connectivity index (χ1n) is 20.2. The lowest BCUT2D eigenvalue weighted by molar-refractivity contribution is -0.139. The average Bonchev–Trinajstić information content (AvgIpc) is 3.16. The Bertz CT molecular complexity index is 2050. The summed E-state index contributed by atoms with van der Waals surface area (Å²) in [4.78, 5) is 69.0. The number of ketones is 1. The molecule has 1 fully saturated rings. The van der Waals surface area contributed by atoms with E-state index < -0.39 is 35.7 Å². The first-order valence-corrected chi connectivity index (χ1v) is 20.2. The number of likely N-dealkylation sites (tertiary alicyclic amines) is 1. The molecular weight excluding hydrogens is 727 g/mol. The summed E-state index contributed by atoms with van der Waals surface area (Å²) in [5, 5.41) is 26.6. The molecule has 5 unspecified atom stereocenters. The molecule has 0 spiro atoms. The van der Waals surface area contributed by atoms with Crippen molar-refractivity contribution in [2.24, 2.45) is 11.8 Å². The van der Waals surface area contributed by atoms with Crippen molar-refractivity contribution in [1.82, 2.24) is 14.8 Å². The van der Waals surface area contributed by atoms with Crippen LogP contribution >= 0.6 is 0 Å². The Balaban J connectivity index is 1.31. The monoisotopic (exact) mass is 781 g/mol. The summed E-state index contributed by atoms with van der Waals surface area (Å²) in [6.45, 7) is 7.16. The van der Waals surface area contributed by atoms with Crippen molar-refractivity contribution in [3.63, 3.8) is 0 Å². The van der Waals surface area contributed by atoms with Crippen LogP contribution in [0.15, 0.2) is 59.4 Å². The lowest BCUT2D eigenvalue weighted by atomic mass is 9.82. The van der Waals surface area contributed by atoms with E-state index in [1.165, 1.54) is 13.2 Å². The Morgan fingerprint density at radius 1 is 1.00 bits per heavy atom. The number of nitrogens with one attached hydrogen (secondary N) is 1. The van der Waals surface area contributed by atoms with Crippen molar-refractivity contribution < 1.29 is 38.9 Å². The number of Topliss-reactive ketones (excluding diaryl/α,β-unsaturated/α-hetero) is 1. The number of phenolic OH excluding ortho intramolecular Hbond substituents is 2. The number of aromatic hydroxyl groups is 2. The Hall–Kier alpha value is -5.39.